The third kappa shape index (κ3) is 5.16. The summed E-state index contributed by atoms with van der Waals surface area (Å²) in [5, 5.41) is 10.9. The fraction of sp³-hybridized carbons (Fsp3) is 0.462. The summed E-state index contributed by atoms with van der Waals surface area (Å²) in [5.41, 5.74) is 1.35. The van der Waals surface area contributed by atoms with Crippen LogP contribution in [0.3, 0.4) is 0 Å². The molecule has 1 heterocycles. The molecule has 1 aliphatic heterocycles. The summed E-state index contributed by atoms with van der Waals surface area (Å²) in [6, 6.07) is 14.9. The number of aliphatic hydroxyl groups is 1. The summed E-state index contributed by atoms with van der Waals surface area (Å²) in [5.74, 6) is 0.351. The Kier molecular flexibility index (Phi) is 6.71. The summed E-state index contributed by atoms with van der Waals surface area (Å²) < 4.78 is 5.97. The average molecular weight is 422 g/mol. The Morgan fingerprint density at radius 3 is 2.19 bits per heavy atom. The Labute approximate surface area is 184 Å². The first-order valence-electron chi connectivity index (χ1n) is 11.5. The molecule has 2 aromatic rings. The van der Waals surface area contributed by atoms with Gasteiger partial charge in [-0.2, -0.15) is 0 Å². The predicted molar refractivity (Wildman–Crippen MR) is 119 cm³/mol. The second-order valence-corrected chi connectivity index (χ2v) is 8.84. The van der Waals surface area contributed by atoms with Gasteiger partial charge >= 0.3 is 0 Å². The summed E-state index contributed by atoms with van der Waals surface area (Å²) in [6.45, 7) is 0.725. The molecule has 0 spiro atoms. The van der Waals surface area contributed by atoms with Crippen LogP contribution in [0.2, 0.25) is 0 Å². The maximum absolute atomic E-state index is 12.5. The number of rotatable bonds is 7. The number of hydrogen-bond acceptors (Lipinski definition) is 4. The molecule has 0 radical (unpaired) electrons. The lowest BCUT2D eigenvalue weighted by molar-refractivity contribution is -0.0257. The number of carbonyl (C=O) groups excluding carboxylic acids is 2. The van der Waals surface area contributed by atoms with E-state index >= 15 is 0 Å². The van der Waals surface area contributed by atoms with E-state index in [4.69, 9.17) is 4.74 Å². The van der Waals surface area contributed by atoms with Crippen molar-refractivity contribution in [3.63, 3.8) is 0 Å². The van der Waals surface area contributed by atoms with Crippen molar-refractivity contribution in [3.05, 3.63) is 65.2 Å². The van der Waals surface area contributed by atoms with Crippen LogP contribution in [0.1, 0.15) is 77.6 Å². The van der Waals surface area contributed by atoms with Crippen LogP contribution in [0.5, 0.6) is 5.75 Å². The molecule has 164 valence electrons. The first-order chi connectivity index (χ1) is 15.1. The van der Waals surface area contributed by atoms with E-state index in [1.165, 1.54) is 24.2 Å². The number of aryl methyl sites for hydroxylation is 1. The second-order valence-electron chi connectivity index (χ2n) is 8.84. The zero-order valence-electron chi connectivity index (χ0n) is 18.0. The largest absolute Gasteiger partial charge is 0.491 e. The van der Waals surface area contributed by atoms with E-state index < -0.39 is 5.60 Å². The molecule has 1 N–H and O–H groups in total. The van der Waals surface area contributed by atoms with Gasteiger partial charge in [-0.25, -0.2) is 0 Å². The Morgan fingerprint density at radius 1 is 0.871 bits per heavy atom. The van der Waals surface area contributed by atoms with Crippen molar-refractivity contribution < 1.29 is 19.4 Å². The van der Waals surface area contributed by atoms with Crippen LogP contribution in [0.15, 0.2) is 48.5 Å². The Hall–Kier alpha value is -2.66. The number of amides is 2. The summed E-state index contributed by atoms with van der Waals surface area (Å²) in [4.78, 5) is 26.3. The first kappa shape index (κ1) is 21.6. The maximum Gasteiger partial charge on any atom is 0.261 e. The van der Waals surface area contributed by atoms with Gasteiger partial charge in [0.1, 0.15) is 12.4 Å². The maximum atomic E-state index is 12.5. The number of carbonyl (C=O) groups is 2. The van der Waals surface area contributed by atoms with Crippen molar-refractivity contribution in [2.75, 3.05) is 13.2 Å². The lowest BCUT2D eigenvalue weighted by Gasteiger charge is -2.30. The fourth-order valence-corrected chi connectivity index (χ4v) is 4.60. The third-order valence-electron chi connectivity index (χ3n) is 6.42. The number of nitrogens with zero attached hydrogens (tertiary/aromatic N) is 1. The Bertz CT molecular complexity index is 896. The highest BCUT2D eigenvalue weighted by Gasteiger charge is 2.34. The van der Waals surface area contributed by atoms with E-state index in [1.54, 1.807) is 24.3 Å². The Morgan fingerprint density at radius 2 is 1.52 bits per heavy atom. The van der Waals surface area contributed by atoms with Gasteiger partial charge in [0.15, 0.2) is 0 Å². The van der Waals surface area contributed by atoms with Gasteiger partial charge in [0, 0.05) is 6.54 Å². The molecule has 0 aromatic heterocycles. The number of hydrogen-bond donors (Lipinski definition) is 1. The second kappa shape index (κ2) is 9.65. The highest BCUT2D eigenvalue weighted by molar-refractivity contribution is 6.21. The molecule has 2 aliphatic rings. The summed E-state index contributed by atoms with van der Waals surface area (Å²) in [6.07, 6.45) is 8.78. The normalized spacial score (nSPS) is 18.4. The van der Waals surface area contributed by atoms with Crippen molar-refractivity contribution in [1.29, 1.82) is 0 Å². The third-order valence-corrected chi connectivity index (χ3v) is 6.42. The molecule has 1 saturated carbocycles. The van der Waals surface area contributed by atoms with Gasteiger partial charge in [-0.3, -0.25) is 14.5 Å². The quantitative estimate of drug-likeness (QED) is 0.654. The molecule has 2 aromatic carbocycles. The molecule has 5 nitrogen and oxygen atoms in total. The van der Waals surface area contributed by atoms with E-state index in [-0.39, 0.29) is 11.8 Å². The van der Waals surface area contributed by atoms with E-state index in [2.05, 4.69) is 0 Å². The minimum Gasteiger partial charge on any atom is -0.491 e. The number of benzene rings is 2. The van der Waals surface area contributed by atoms with Gasteiger partial charge in [-0.15, -0.1) is 0 Å². The molecule has 0 atom stereocenters. The molecule has 1 aliphatic carbocycles. The molecule has 0 bridgehead atoms. The molecule has 4 rings (SSSR count). The van der Waals surface area contributed by atoms with Crippen molar-refractivity contribution in [1.82, 2.24) is 4.90 Å². The minimum atomic E-state index is -0.734. The lowest BCUT2D eigenvalue weighted by atomic mass is 9.88. The van der Waals surface area contributed by atoms with Crippen LogP contribution in [0.25, 0.3) is 0 Å². The van der Waals surface area contributed by atoms with Crippen LogP contribution < -0.4 is 4.74 Å². The molecule has 5 heteroatoms. The zero-order valence-corrected chi connectivity index (χ0v) is 18.0. The van der Waals surface area contributed by atoms with Gasteiger partial charge in [0.2, 0.25) is 0 Å². The SMILES string of the molecule is O=C1c2ccccc2C(=O)N1CCCc1cccc(OCC2(O)CCCCCCC2)c1. The van der Waals surface area contributed by atoms with Gasteiger partial charge < -0.3 is 9.84 Å². The number of imide groups is 1. The minimum absolute atomic E-state index is 0.204. The smallest absolute Gasteiger partial charge is 0.261 e. The predicted octanol–water partition coefficient (Wildman–Crippen LogP) is 4.77. The lowest BCUT2D eigenvalue weighted by Crippen LogP contribution is -2.36. The van der Waals surface area contributed by atoms with Crippen LogP contribution in [0.4, 0.5) is 0 Å². The van der Waals surface area contributed by atoms with E-state index in [0.29, 0.717) is 30.7 Å². The summed E-state index contributed by atoms with van der Waals surface area (Å²) in [7, 11) is 0. The molecular weight excluding hydrogens is 390 g/mol. The van der Waals surface area contributed by atoms with E-state index in [0.717, 1.165) is 43.4 Å². The highest BCUT2D eigenvalue weighted by Crippen LogP contribution is 2.28. The highest BCUT2D eigenvalue weighted by atomic mass is 16.5. The number of fused-ring (bicyclic) bond motifs is 1. The van der Waals surface area contributed by atoms with Crippen LogP contribution in [-0.2, 0) is 6.42 Å². The monoisotopic (exact) mass is 421 g/mol. The van der Waals surface area contributed by atoms with Crippen molar-refractivity contribution in [2.45, 2.75) is 63.4 Å². The topological polar surface area (TPSA) is 66.8 Å². The van der Waals surface area contributed by atoms with Crippen molar-refractivity contribution in [2.24, 2.45) is 0 Å². The fourth-order valence-electron chi connectivity index (χ4n) is 4.60. The summed E-state index contributed by atoms with van der Waals surface area (Å²) >= 11 is 0. The zero-order chi connectivity index (χ0) is 21.7. The molecule has 0 unspecified atom stereocenters. The molecular formula is C26H31NO4. The van der Waals surface area contributed by atoms with Crippen LogP contribution in [0, 0.1) is 0 Å². The van der Waals surface area contributed by atoms with Crippen molar-refractivity contribution >= 4 is 11.8 Å². The average Bonchev–Trinajstić information content (AvgIpc) is 3.01. The molecule has 0 saturated heterocycles. The molecule has 1 fully saturated rings. The number of ether oxygens (including phenoxy) is 1. The van der Waals surface area contributed by atoms with E-state index in [9.17, 15) is 14.7 Å². The first-order valence-corrected chi connectivity index (χ1v) is 11.5. The van der Waals surface area contributed by atoms with Gasteiger partial charge in [-0.05, 0) is 55.5 Å². The van der Waals surface area contributed by atoms with Crippen molar-refractivity contribution in [3.8, 4) is 5.75 Å². The van der Waals surface area contributed by atoms with E-state index in [1.807, 2.05) is 24.3 Å². The van der Waals surface area contributed by atoms with Gasteiger partial charge in [0.25, 0.3) is 11.8 Å². The molecule has 2 amide bonds. The van der Waals surface area contributed by atoms with Crippen LogP contribution in [-0.4, -0.2) is 40.6 Å². The van der Waals surface area contributed by atoms with Gasteiger partial charge in [0.05, 0.1) is 16.7 Å². The standard InChI is InChI=1S/C26H31NO4/c28-24-22-13-4-5-14-23(22)25(29)27(24)17-9-11-20-10-8-12-21(18-20)31-19-26(30)15-6-2-1-3-7-16-26/h4-5,8,10,12-14,18,30H,1-3,6-7,9,11,15-17,19H2. The molecule has 31 heavy (non-hydrogen) atoms. The van der Waals surface area contributed by atoms with Crippen LogP contribution >= 0.6 is 0 Å². The van der Waals surface area contributed by atoms with Gasteiger partial charge in [-0.1, -0.05) is 56.4 Å². The Balaban J connectivity index is 1.29.